The maximum Gasteiger partial charge on any atom is 0.282 e. The first-order valence-electron chi connectivity index (χ1n) is 11.1. The third kappa shape index (κ3) is 5.37. The molecule has 2 aromatic carbocycles. The van der Waals surface area contributed by atoms with Crippen molar-refractivity contribution in [1.29, 1.82) is 0 Å². The van der Waals surface area contributed by atoms with Crippen LogP contribution in [0.2, 0.25) is 0 Å². The summed E-state index contributed by atoms with van der Waals surface area (Å²) in [5.74, 6) is 0.963. The Morgan fingerprint density at radius 2 is 1.94 bits per heavy atom. The van der Waals surface area contributed by atoms with E-state index in [1.165, 1.54) is 4.68 Å². The Bertz CT molecular complexity index is 1290. The smallest absolute Gasteiger partial charge is 0.282 e. The number of amides is 1. The number of carbonyl (C=O) groups excluding carboxylic acids is 1. The van der Waals surface area contributed by atoms with Crippen molar-refractivity contribution >= 4 is 39.0 Å². The van der Waals surface area contributed by atoms with Crippen LogP contribution in [0.4, 0.5) is 0 Å². The molecule has 0 radical (unpaired) electrons. The molecule has 4 rings (SSSR count). The Morgan fingerprint density at radius 1 is 1.21 bits per heavy atom. The van der Waals surface area contributed by atoms with Gasteiger partial charge in [-0.25, -0.2) is 4.98 Å². The van der Waals surface area contributed by atoms with E-state index in [9.17, 15) is 9.59 Å². The lowest BCUT2D eigenvalue weighted by Crippen LogP contribution is -2.43. The fourth-order valence-electron chi connectivity index (χ4n) is 3.62. The molecular formula is C25H27BrN4O4. The third-order valence-electron chi connectivity index (χ3n) is 5.43. The minimum absolute atomic E-state index is 0.0798. The maximum absolute atomic E-state index is 13.3. The minimum atomic E-state index is -0.418. The summed E-state index contributed by atoms with van der Waals surface area (Å²) in [6.07, 6.45) is 1.57. The highest BCUT2D eigenvalue weighted by Gasteiger charge is 2.23. The highest BCUT2D eigenvalue weighted by Crippen LogP contribution is 2.23. The highest BCUT2D eigenvalue weighted by atomic mass is 79.9. The van der Waals surface area contributed by atoms with Crippen LogP contribution >= 0.6 is 15.9 Å². The monoisotopic (exact) mass is 526 g/mol. The molecule has 0 atom stereocenters. The second kappa shape index (κ2) is 10.1. The fraction of sp³-hybridized carbons (Fsp3) is 0.360. The molecule has 1 fully saturated rings. The van der Waals surface area contributed by atoms with E-state index in [0.29, 0.717) is 54.3 Å². The van der Waals surface area contributed by atoms with Gasteiger partial charge in [0.05, 0.1) is 30.3 Å². The summed E-state index contributed by atoms with van der Waals surface area (Å²) in [6, 6.07) is 12.7. The standard InChI is InChI=1S/C25H27BrN4O4/c1-25(2,3)24-28-20-9-8-18(26)14-19(20)23(32)30(24)27-15-17-6-4-5-7-21(17)34-16-22(31)29-10-12-33-13-11-29/h4-9,14-15H,10-13,16H2,1-3H3. The first kappa shape index (κ1) is 24.1. The largest absolute Gasteiger partial charge is 0.483 e. The molecule has 0 bridgehead atoms. The van der Waals surface area contributed by atoms with Gasteiger partial charge in [0, 0.05) is 28.5 Å². The number of benzene rings is 2. The zero-order valence-electron chi connectivity index (χ0n) is 19.5. The van der Waals surface area contributed by atoms with Crippen LogP contribution in [0.15, 0.2) is 56.8 Å². The highest BCUT2D eigenvalue weighted by molar-refractivity contribution is 9.10. The minimum Gasteiger partial charge on any atom is -0.483 e. The van der Waals surface area contributed by atoms with Crippen LogP contribution in [-0.2, 0) is 14.9 Å². The molecule has 0 spiro atoms. The van der Waals surface area contributed by atoms with Gasteiger partial charge < -0.3 is 14.4 Å². The number of carbonyl (C=O) groups is 1. The van der Waals surface area contributed by atoms with Crippen LogP contribution in [0.25, 0.3) is 10.9 Å². The van der Waals surface area contributed by atoms with Crippen molar-refractivity contribution in [2.75, 3.05) is 32.9 Å². The third-order valence-corrected chi connectivity index (χ3v) is 5.92. The number of hydrogen-bond donors (Lipinski definition) is 0. The Labute approximate surface area is 206 Å². The van der Waals surface area contributed by atoms with Crippen molar-refractivity contribution in [1.82, 2.24) is 14.6 Å². The first-order chi connectivity index (χ1) is 16.2. The number of rotatable bonds is 5. The van der Waals surface area contributed by atoms with Gasteiger partial charge in [-0.3, -0.25) is 9.59 Å². The van der Waals surface area contributed by atoms with E-state index < -0.39 is 5.41 Å². The Kier molecular flexibility index (Phi) is 7.13. The molecular weight excluding hydrogens is 500 g/mol. The van der Waals surface area contributed by atoms with Gasteiger partial charge in [0.25, 0.3) is 11.5 Å². The van der Waals surface area contributed by atoms with E-state index in [0.717, 1.165) is 4.47 Å². The average Bonchev–Trinajstić information content (AvgIpc) is 2.82. The topological polar surface area (TPSA) is 86.0 Å². The molecule has 0 aliphatic carbocycles. The van der Waals surface area contributed by atoms with Gasteiger partial charge in [0.2, 0.25) is 0 Å². The molecule has 1 saturated heterocycles. The van der Waals surface area contributed by atoms with Crippen molar-refractivity contribution < 1.29 is 14.3 Å². The summed E-state index contributed by atoms with van der Waals surface area (Å²) < 4.78 is 13.2. The fourth-order valence-corrected chi connectivity index (χ4v) is 3.98. The van der Waals surface area contributed by atoms with Crippen molar-refractivity contribution in [3.05, 3.63) is 68.7 Å². The molecule has 8 nitrogen and oxygen atoms in total. The Balaban J connectivity index is 1.65. The molecule has 178 valence electrons. The van der Waals surface area contributed by atoms with Crippen molar-refractivity contribution in [3.63, 3.8) is 0 Å². The van der Waals surface area contributed by atoms with Crippen LogP contribution in [0.5, 0.6) is 5.75 Å². The normalized spacial score (nSPS) is 14.6. The summed E-state index contributed by atoms with van der Waals surface area (Å²) >= 11 is 3.42. The lowest BCUT2D eigenvalue weighted by Gasteiger charge is -2.26. The Morgan fingerprint density at radius 3 is 2.68 bits per heavy atom. The van der Waals surface area contributed by atoms with Crippen molar-refractivity contribution in [2.45, 2.75) is 26.2 Å². The zero-order valence-corrected chi connectivity index (χ0v) is 21.0. The van der Waals surface area contributed by atoms with Gasteiger partial charge in [-0.05, 0) is 30.3 Å². The molecule has 0 N–H and O–H groups in total. The summed E-state index contributed by atoms with van der Waals surface area (Å²) in [5.41, 5.74) is 0.597. The number of aromatic nitrogens is 2. The molecule has 1 amide bonds. The average molecular weight is 527 g/mol. The SMILES string of the molecule is CC(C)(C)c1nc2ccc(Br)cc2c(=O)n1N=Cc1ccccc1OCC(=O)N1CCOCC1. The van der Waals surface area contributed by atoms with Crippen molar-refractivity contribution in [3.8, 4) is 5.75 Å². The summed E-state index contributed by atoms with van der Waals surface area (Å²) in [7, 11) is 0. The molecule has 3 aromatic rings. The van der Waals surface area contributed by atoms with E-state index in [1.54, 1.807) is 23.2 Å². The van der Waals surface area contributed by atoms with Crippen LogP contribution in [0, 0.1) is 0 Å². The molecule has 1 aliphatic heterocycles. The lowest BCUT2D eigenvalue weighted by atomic mass is 9.95. The van der Waals surface area contributed by atoms with E-state index in [-0.39, 0.29) is 18.1 Å². The van der Waals surface area contributed by atoms with Gasteiger partial charge in [0.15, 0.2) is 6.61 Å². The van der Waals surface area contributed by atoms with E-state index in [2.05, 4.69) is 21.0 Å². The maximum atomic E-state index is 13.3. The van der Waals surface area contributed by atoms with Gasteiger partial charge in [0.1, 0.15) is 11.6 Å². The van der Waals surface area contributed by atoms with Gasteiger partial charge in [-0.2, -0.15) is 9.78 Å². The number of para-hydroxylation sites is 1. The van der Waals surface area contributed by atoms with Gasteiger partial charge in [-0.15, -0.1) is 0 Å². The van der Waals surface area contributed by atoms with E-state index in [1.807, 2.05) is 51.1 Å². The second-order valence-corrected chi connectivity index (χ2v) is 9.94. The van der Waals surface area contributed by atoms with Gasteiger partial charge >= 0.3 is 0 Å². The number of halogens is 1. The number of ether oxygens (including phenoxy) is 2. The van der Waals surface area contributed by atoms with Crippen LogP contribution in [0.1, 0.15) is 32.2 Å². The predicted molar refractivity (Wildman–Crippen MR) is 135 cm³/mol. The summed E-state index contributed by atoms with van der Waals surface area (Å²) in [6.45, 7) is 8.08. The number of nitrogens with zero attached hydrogens (tertiary/aromatic N) is 4. The molecule has 9 heteroatoms. The van der Waals surface area contributed by atoms with Crippen LogP contribution in [0.3, 0.4) is 0 Å². The molecule has 2 heterocycles. The van der Waals surface area contributed by atoms with Crippen LogP contribution < -0.4 is 10.3 Å². The van der Waals surface area contributed by atoms with Crippen molar-refractivity contribution in [2.24, 2.45) is 5.10 Å². The Hall–Kier alpha value is -3.04. The molecule has 1 aromatic heterocycles. The van der Waals surface area contributed by atoms with E-state index >= 15 is 0 Å². The lowest BCUT2D eigenvalue weighted by molar-refractivity contribution is -0.137. The quantitative estimate of drug-likeness (QED) is 0.474. The van der Waals surface area contributed by atoms with Gasteiger partial charge in [-0.1, -0.05) is 48.8 Å². The molecule has 1 aliphatic rings. The summed E-state index contributed by atoms with van der Waals surface area (Å²) in [4.78, 5) is 32.3. The number of morpholine rings is 1. The zero-order chi connectivity index (χ0) is 24.3. The second-order valence-electron chi connectivity index (χ2n) is 9.03. The van der Waals surface area contributed by atoms with E-state index in [4.69, 9.17) is 14.5 Å². The first-order valence-corrected chi connectivity index (χ1v) is 11.9. The molecule has 0 unspecified atom stereocenters. The molecule has 34 heavy (non-hydrogen) atoms. The molecule has 0 saturated carbocycles. The summed E-state index contributed by atoms with van der Waals surface area (Å²) in [5, 5.41) is 4.98. The number of fused-ring (bicyclic) bond motifs is 1. The predicted octanol–water partition coefficient (Wildman–Crippen LogP) is 3.58. The number of hydrogen-bond acceptors (Lipinski definition) is 6. The van der Waals surface area contributed by atoms with Crippen LogP contribution in [-0.4, -0.2) is 59.6 Å².